The second-order valence-electron chi connectivity index (χ2n) is 47.0. The van der Waals surface area contributed by atoms with Crippen LogP contribution in [0.3, 0.4) is 0 Å². The third kappa shape index (κ3) is 34.3. The third-order valence-corrected chi connectivity index (χ3v) is 23.7. The molecule has 1 aliphatic rings. The molecular weight excluding hydrogens is 1830 g/mol. The molecule has 16 nitrogen and oxygen atoms in total. The molecule has 0 unspecified atom stereocenters. The fourth-order valence-electron chi connectivity index (χ4n) is 14.7. The molecule has 0 saturated carbocycles. The number of benzene rings is 6. The van der Waals surface area contributed by atoms with Gasteiger partial charge in [0.05, 0.1) is 106 Å². The lowest BCUT2D eigenvalue weighted by Crippen LogP contribution is -2.41. The zero-order chi connectivity index (χ0) is 97.5. The number of nitrogens with zero attached hydrogens (tertiary/aromatic N) is 1. The minimum atomic E-state index is -1.11. The van der Waals surface area contributed by atoms with Crippen molar-refractivity contribution in [3.8, 4) is 28.7 Å². The molecule has 1 aliphatic heterocycles. The second-order valence-corrected chi connectivity index (χ2v) is 48.3. The van der Waals surface area contributed by atoms with E-state index in [0.29, 0.717) is 68.0 Å². The summed E-state index contributed by atoms with van der Waals surface area (Å²) in [6.07, 6.45) is 0.703. The summed E-state index contributed by atoms with van der Waals surface area (Å²) in [6.45, 7) is 82.6. The fraction of sp³-hybridized carbons (Fsp3) is 0.638. The predicted molar refractivity (Wildman–Crippen MR) is 533 cm³/mol. The van der Waals surface area contributed by atoms with Crippen LogP contribution in [0.15, 0.2) is 72.8 Å². The van der Waals surface area contributed by atoms with E-state index >= 15 is 0 Å². The summed E-state index contributed by atoms with van der Waals surface area (Å²) in [6, 6.07) is 25.5. The summed E-state index contributed by atoms with van der Waals surface area (Å²) in [5.74, 6) is 1.65. The van der Waals surface area contributed by atoms with Crippen LogP contribution in [0.1, 0.15) is 368 Å². The van der Waals surface area contributed by atoms with Gasteiger partial charge in [0.15, 0.2) is 0 Å². The molecule has 7 rings (SSSR count). The van der Waals surface area contributed by atoms with Crippen molar-refractivity contribution in [2.24, 2.45) is 10.8 Å². The molecule has 1 saturated heterocycles. The maximum atomic E-state index is 11.6. The first-order valence-corrected chi connectivity index (χ1v) is 49.4. The Morgan fingerprint density at radius 3 is 0.576 bits per heavy atom. The number of aryl methyl sites for hydroxylation is 1. The molecule has 1 fully saturated rings. The van der Waals surface area contributed by atoms with E-state index in [-0.39, 0.29) is 103 Å². The first-order chi connectivity index (χ1) is 56.4. The lowest BCUT2D eigenvalue weighted by Gasteiger charge is -2.34. The maximum absolute atomic E-state index is 11.6. The van der Waals surface area contributed by atoms with Gasteiger partial charge in [-0.1, -0.05) is 307 Å². The number of alkyl halides is 1. The molecule has 0 atom stereocenters. The number of aliphatic hydroxyl groups is 4. The van der Waals surface area contributed by atoms with E-state index in [2.05, 4.69) is 396 Å². The van der Waals surface area contributed by atoms with Crippen LogP contribution < -0.4 is 0 Å². The van der Waals surface area contributed by atoms with E-state index < -0.39 is 37.3 Å². The summed E-state index contributed by atoms with van der Waals surface area (Å²) < 4.78 is 28.7. The number of amides is 2. The van der Waals surface area contributed by atoms with E-state index in [4.69, 9.17) is 39.4 Å². The van der Waals surface area contributed by atoms with Crippen LogP contribution in [0.2, 0.25) is 0 Å². The number of halogens is 4. The molecule has 0 spiro atoms. The standard InChI is InChI=1S/C66H102O7.C15H23BrO.C15H24O.C5H12O4.C4H4BrNO2.Br2/c1-42-47(58(2,3)4)26-43(27-48(42)59(5,6)7)34-70-38-66(39-71-35-44-28-49(60(8,9)10)55(67)50(29-44)61(11,12)13,40-72-36-45-30-51(62(14,15)16)56(68)52(31-45)63(17,18)19)41-73-37-46-32-53(64(20,21)22)57(69)54(33-46)65(23,24)25;1-14(2,3)11-7-10(9-16)8-12(13(11)17)15(4,5)6;1-10-8-11(14(2,3)4)13(16)12(9-10)15(5,6)7;6-1-5(2-7,3-8)4-9;5-6-3(7)1-2-4(6)8;1-2/h26-33,67-69H,34-41H2,1-25H3;7-8,17H,9H2,1-6H3;8-9,16H,1-7H3;6-9H,1-4H2;1-2H2;. The highest BCUT2D eigenvalue weighted by molar-refractivity contribution is 9.93. The first kappa shape index (κ1) is 116. The number of phenols is 5. The van der Waals surface area contributed by atoms with Crippen LogP contribution >= 0.6 is 60.3 Å². The Balaban J connectivity index is 0.000000803. The van der Waals surface area contributed by atoms with Gasteiger partial charge in [-0.3, -0.25) is 9.59 Å². The smallest absolute Gasteiger partial charge is 0.239 e. The average molecular weight is 2000 g/mol. The van der Waals surface area contributed by atoms with Gasteiger partial charge >= 0.3 is 0 Å². The SMILES string of the molecule is BrBr.CC(C)(C)c1cc(CBr)cc(C(C)(C)C)c1O.Cc1c(C(C)(C)C)cc(COCC(COCc2cc(C(C)(C)C)c(O)c(C(C)(C)C)c2)(COCc2cc(C(C)(C)C)c(O)c(C(C)(C)C)c2)COCc2cc(C(C)(C)C)c(O)c(C(C)(C)C)c2)cc1C(C)(C)C.Cc1cc(C(C)(C)C)c(O)c(C(C)(C)C)c1.O=C1CCC(=O)N1Br.OCC(CO)(CO)CO. The Morgan fingerprint density at radius 2 is 0.440 bits per heavy atom. The van der Waals surface area contributed by atoms with Gasteiger partial charge in [0.1, 0.15) is 28.7 Å². The molecule has 2 amide bonds. The monoisotopic (exact) mass is 2000 g/mol. The van der Waals surface area contributed by atoms with Crippen molar-refractivity contribution in [3.05, 3.63) is 179 Å². The molecule has 125 heavy (non-hydrogen) atoms. The Bertz CT molecular complexity index is 3890. The maximum Gasteiger partial charge on any atom is 0.239 e. The molecule has 9 N–H and O–H groups in total. The van der Waals surface area contributed by atoms with Gasteiger partial charge in [-0.25, -0.2) is 3.93 Å². The molecular formula is C105H165Br4NO15. The molecule has 6 aromatic carbocycles. The highest BCUT2D eigenvalue weighted by atomic mass is 80.9. The molecule has 1 heterocycles. The number of carbonyl (C=O) groups excluding carboxylic acids is 2. The summed E-state index contributed by atoms with van der Waals surface area (Å²) in [7, 11) is 0. The van der Waals surface area contributed by atoms with Crippen molar-refractivity contribution >= 4 is 72.1 Å². The summed E-state index contributed by atoms with van der Waals surface area (Å²) >= 11 is 11.8. The minimum absolute atomic E-state index is 0.0178. The van der Waals surface area contributed by atoms with Crippen LogP contribution in [0, 0.1) is 24.7 Å². The van der Waals surface area contributed by atoms with Gasteiger partial charge in [-0.05, 0) is 215 Å². The van der Waals surface area contributed by atoms with Gasteiger partial charge in [0.25, 0.3) is 0 Å². The Kier molecular flexibility index (Phi) is 42.2. The van der Waals surface area contributed by atoms with E-state index in [1.54, 1.807) is 0 Å². The number of hydrogen-bond donors (Lipinski definition) is 9. The number of rotatable bonds is 21. The number of ether oxygens (including phenoxy) is 4. The molecule has 20 heteroatoms. The zero-order valence-corrected chi connectivity index (χ0v) is 90.3. The summed E-state index contributed by atoms with van der Waals surface area (Å²) in [5, 5.41) is 90.5. The topological polar surface area (TPSA) is 256 Å². The quantitative estimate of drug-likeness (QED) is 0.0184. The van der Waals surface area contributed by atoms with Crippen LogP contribution in [-0.4, -0.2) is 115 Å². The number of imide groups is 1. The lowest BCUT2D eigenvalue weighted by molar-refractivity contribution is -0.131. The minimum Gasteiger partial charge on any atom is -0.507 e. The molecule has 6 aromatic rings. The third-order valence-electron chi connectivity index (χ3n) is 22.3. The van der Waals surface area contributed by atoms with Crippen LogP contribution in [0.4, 0.5) is 0 Å². The Labute approximate surface area is 788 Å². The second kappa shape index (κ2) is 45.5. The van der Waals surface area contributed by atoms with Gasteiger partial charge < -0.3 is 64.9 Å². The number of phenolic OH excluding ortho intramolecular Hbond substituents is 5. The number of hydrogen-bond acceptors (Lipinski definition) is 15. The normalized spacial score (nSPS) is 13.7. The number of aliphatic hydroxyl groups excluding tert-OH is 4. The highest BCUT2D eigenvalue weighted by Crippen LogP contribution is 2.47. The van der Waals surface area contributed by atoms with E-state index in [1.165, 1.54) is 27.8 Å². The Hall–Kier alpha value is -4.94. The fourth-order valence-corrected chi connectivity index (χ4v) is 15.3. The van der Waals surface area contributed by atoms with Crippen molar-refractivity contribution in [1.29, 1.82) is 0 Å². The van der Waals surface area contributed by atoms with Crippen molar-refractivity contribution in [1.82, 2.24) is 3.93 Å². The van der Waals surface area contributed by atoms with Gasteiger partial charge in [-0.15, -0.1) is 0 Å². The van der Waals surface area contributed by atoms with E-state index in [0.717, 1.165) is 87.1 Å². The predicted octanol–water partition coefficient (Wildman–Crippen LogP) is 25.9. The zero-order valence-electron chi connectivity index (χ0n) is 84.0. The van der Waals surface area contributed by atoms with Crippen molar-refractivity contribution in [3.63, 3.8) is 0 Å². The molecule has 0 bridgehead atoms. The van der Waals surface area contributed by atoms with Gasteiger partial charge in [0, 0.05) is 46.4 Å². The average Bonchev–Trinajstić information content (AvgIpc) is 1.09. The van der Waals surface area contributed by atoms with Crippen molar-refractivity contribution in [2.45, 2.75) is 373 Å². The van der Waals surface area contributed by atoms with Crippen LogP contribution in [0.5, 0.6) is 28.7 Å². The van der Waals surface area contributed by atoms with Crippen molar-refractivity contribution in [2.75, 3.05) is 52.9 Å². The number of carbonyl (C=O) groups is 2. The summed E-state index contributed by atoms with van der Waals surface area (Å²) in [5.41, 5.74) is 16.0. The molecule has 0 radical (unpaired) electrons. The molecule has 708 valence electrons. The largest absolute Gasteiger partial charge is 0.507 e. The first-order valence-electron chi connectivity index (χ1n) is 43.9. The summed E-state index contributed by atoms with van der Waals surface area (Å²) in [4.78, 5) is 20.9. The van der Waals surface area contributed by atoms with Gasteiger partial charge in [-0.2, -0.15) is 0 Å². The van der Waals surface area contributed by atoms with Crippen LogP contribution in [0.25, 0.3) is 0 Å². The van der Waals surface area contributed by atoms with Crippen LogP contribution in [-0.2, 0) is 125 Å². The van der Waals surface area contributed by atoms with Crippen molar-refractivity contribution < 1.29 is 74.5 Å². The molecule has 0 aliphatic carbocycles. The van der Waals surface area contributed by atoms with E-state index in [9.17, 15) is 35.1 Å². The number of aromatic hydroxyl groups is 5. The van der Waals surface area contributed by atoms with Gasteiger partial charge in [0.2, 0.25) is 11.8 Å². The molecule has 0 aromatic heterocycles. The van der Waals surface area contributed by atoms with E-state index in [1.807, 2.05) is 0 Å². The highest BCUT2D eigenvalue weighted by Gasteiger charge is 2.38. The Morgan fingerprint density at radius 1 is 0.280 bits per heavy atom. The lowest BCUT2D eigenvalue weighted by atomic mass is 9.76.